The lowest BCUT2D eigenvalue weighted by atomic mass is 10.1. The Labute approximate surface area is 218 Å². The van der Waals surface area contributed by atoms with Crippen LogP contribution in [0.1, 0.15) is 10.5 Å². The number of methoxy groups -OCH3 is 1. The molecule has 5 aromatic rings. The summed E-state index contributed by atoms with van der Waals surface area (Å²) in [6, 6.07) is 14.8. The molecule has 38 heavy (non-hydrogen) atoms. The number of amides is 1. The highest BCUT2D eigenvalue weighted by Crippen LogP contribution is 2.35. The van der Waals surface area contributed by atoms with Crippen LogP contribution in [0, 0.1) is 0 Å². The van der Waals surface area contributed by atoms with Crippen LogP contribution in [0.5, 0.6) is 5.75 Å². The molecular formula is C25H25N7O5S. The number of ether oxygens (including phenoxy) is 1. The molecule has 0 aliphatic rings. The summed E-state index contributed by atoms with van der Waals surface area (Å²) in [6.45, 7) is -0.00225. The summed E-state index contributed by atoms with van der Waals surface area (Å²) in [5, 5.41) is 8.99. The van der Waals surface area contributed by atoms with Crippen LogP contribution < -0.4 is 15.8 Å². The zero-order valence-electron chi connectivity index (χ0n) is 20.9. The van der Waals surface area contributed by atoms with Gasteiger partial charge >= 0.3 is 0 Å². The summed E-state index contributed by atoms with van der Waals surface area (Å²) in [5.41, 5.74) is 9.62. The van der Waals surface area contributed by atoms with Gasteiger partial charge in [0.1, 0.15) is 29.3 Å². The second kappa shape index (κ2) is 9.76. The average molecular weight is 536 g/mol. The lowest BCUT2D eigenvalue weighted by molar-refractivity contribution is 0.101. The minimum absolute atomic E-state index is 0.121. The second-order valence-corrected chi connectivity index (χ2v) is 10.2. The van der Waals surface area contributed by atoms with Crippen LogP contribution in [0.3, 0.4) is 0 Å². The van der Waals surface area contributed by atoms with E-state index in [2.05, 4.69) is 20.4 Å². The SMILES string of the molecule is COc1cc(-c2nn(CCOS(C)(=O)=O)c3ncnc(N)c23)ccc1NC(=O)c1cc2ccccc2n1C. The number of nitrogens with zero attached hydrogens (tertiary/aromatic N) is 5. The van der Waals surface area contributed by atoms with Crippen molar-refractivity contribution in [3.8, 4) is 17.0 Å². The van der Waals surface area contributed by atoms with Gasteiger partial charge in [-0.3, -0.25) is 8.98 Å². The fraction of sp³-hybridized carbons (Fsp3) is 0.200. The van der Waals surface area contributed by atoms with Crippen molar-refractivity contribution in [2.45, 2.75) is 6.54 Å². The monoisotopic (exact) mass is 535 g/mol. The third-order valence-electron chi connectivity index (χ3n) is 6.07. The summed E-state index contributed by atoms with van der Waals surface area (Å²) < 4.78 is 36.5. The number of aromatic nitrogens is 5. The van der Waals surface area contributed by atoms with Gasteiger partial charge in [-0.2, -0.15) is 13.5 Å². The summed E-state index contributed by atoms with van der Waals surface area (Å²) in [4.78, 5) is 21.5. The Morgan fingerprint density at radius 2 is 1.92 bits per heavy atom. The van der Waals surface area contributed by atoms with Gasteiger partial charge in [-0.05, 0) is 24.3 Å². The van der Waals surface area contributed by atoms with E-state index in [0.29, 0.717) is 39.4 Å². The van der Waals surface area contributed by atoms with Gasteiger partial charge in [0, 0.05) is 23.5 Å². The van der Waals surface area contributed by atoms with Crippen molar-refractivity contribution in [3.05, 3.63) is 60.6 Å². The number of aryl methyl sites for hydroxylation is 1. The Morgan fingerprint density at radius 3 is 2.66 bits per heavy atom. The fourth-order valence-electron chi connectivity index (χ4n) is 4.30. The first kappa shape index (κ1) is 25.2. The van der Waals surface area contributed by atoms with Gasteiger partial charge in [0.15, 0.2) is 5.65 Å². The van der Waals surface area contributed by atoms with Gasteiger partial charge in [0.25, 0.3) is 16.0 Å². The predicted molar refractivity (Wildman–Crippen MR) is 143 cm³/mol. The number of hydrogen-bond acceptors (Lipinski definition) is 9. The third-order valence-corrected chi connectivity index (χ3v) is 6.66. The number of nitrogen functional groups attached to an aromatic ring is 1. The molecule has 1 amide bonds. The summed E-state index contributed by atoms with van der Waals surface area (Å²) >= 11 is 0. The molecule has 0 aliphatic carbocycles. The number of rotatable bonds is 8. The smallest absolute Gasteiger partial charge is 0.272 e. The Kier molecular flexibility index (Phi) is 6.46. The minimum Gasteiger partial charge on any atom is -0.495 e. The number of benzene rings is 2. The van der Waals surface area contributed by atoms with Gasteiger partial charge in [0.2, 0.25) is 0 Å². The summed E-state index contributed by atoms with van der Waals surface area (Å²) in [5.74, 6) is 0.341. The lowest BCUT2D eigenvalue weighted by Crippen LogP contribution is -2.16. The number of carbonyl (C=O) groups excluding carboxylic acids is 1. The summed E-state index contributed by atoms with van der Waals surface area (Å²) in [7, 11) is -0.265. The number of carbonyl (C=O) groups is 1. The van der Waals surface area contributed by atoms with Crippen LogP contribution in [-0.4, -0.2) is 58.6 Å². The fourth-order valence-corrected chi connectivity index (χ4v) is 4.68. The van der Waals surface area contributed by atoms with E-state index in [1.165, 1.54) is 18.1 Å². The first-order valence-electron chi connectivity index (χ1n) is 11.5. The molecule has 196 valence electrons. The number of para-hydroxylation sites is 1. The Morgan fingerprint density at radius 1 is 1.13 bits per heavy atom. The maximum Gasteiger partial charge on any atom is 0.272 e. The van der Waals surface area contributed by atoms with Crippen LogP contribution in [0.15, 0.2) is 54.9 Å². The normalized spacial score (nSPS) is 11.8. The van der Waals surface area contributed by atoms with E-state index in [9.17, 15) is 13.2 Å². The molecule has 0 fully saturated rings. The van der Waals surface area contributed by atoms with Gasteiger partial charge < -0.3 is 20.4 Å². The molecule has 0 spiro atoms. The minimum atomic E-state index is -3.61. The molecule has 0 aliphatic heterocycles. The molecule has 13 heteroatoms. The van der Waals surface area contributed by atoms with Crippen molar-refractivity contribution in [1.82, 2.24) is 24.3 Å². The van der Waals surface area contributed by atoms with Crippen molar-refractivity contribution >= 4 is 49.5 Å². The lowest BCUT2D eigenvalue weighted by Gasteiger charge is -2.12. The first-order chi connectivity index (χ1) is 18.2. The van der Waals surface area contributed by atoms with E-state index in [4.69, 9.17) is 14.7 Å². The van der Waals surface area contributed by atoms with Crippen LogP contribution in [0.25, 0.3) is 33.2 Å². The van der Waals surface area contributed by atoms with Crippen molar-refractivity contribution in [2.75, 3.05) is 31.0 Å². The maximum atomic E-state index is 13.1. The molecule has 5 rings (SSSR count). The van der Waals surface area contributed by atoms with Gasteiger partial charge in [-0.1, -0.05) is 24.3 Å². The molecule has 3 heterocycles. The number of hydrogen-bond donors (Lipinski definition) is 2. The van der Waals surface area contributed by atoms with Crippen LogP contribution in [0.2, 0.25) is 0 Å². The zero-order valence-corrected chi connectivity index (χ0v) is 21.7. The number of fused-ring (bicyclic) bond motifs is 2. The first-order valence-corrected chi connectivity index (χ1v) is 13.3. The average Bonchev–Trinajstić information content (AvgIpc) is 3.43. The van der Waals surface area contributed by atoms with Crippen LogP contribution in [-0.2, 0) is 27.9 Å². The quantitative estimate of drug-likeness (QED) is 0.285. The van der Waals surface area contributed by atoms with Crippen LogP contribution in [0.4, 0.5) is 11.5 Å². The number of nitrogens with one attached hydrogen (secondary N) is 1. The largest absolute Gasteiger partial charge is 0.495 e. The Balaban J connectivity index is 1.48. The molecule has 3 aromatic heterocycles. The number of anilines is 2. The molecule has 0 unspecified atom stereocenters. The van der Waals surface area contributed by atoms with Crippen molar-refractivity contribution < 1.29 is 22.1 Å². The molecule has 0 bridgehead atoms. The van der Waals surface area contributed by atoms with E-state index in [1.54, 1.807) is 18.2 Å². The van der Waals surface area contributed by atoms with E-state index < -0.39 is 10.1 Å². The molecule has 0 saturated heterocycles. The highest BCUT2D eigenvalue weighted by atomic mass is 32.2. The number of nitrogens with two attached hydrogens (primary N) is 1. The van der Waals surface area contributed by atoms with E-state index in [1.807, 2.05) is 41.9 Å². The second-order valence-electron chi connectivity index (χ2n) is 8.57. The van der Waals surface area contributed by atoms with Crippen molar-refractivity contribution in [1.29, 1.82) is 0 Å². The highest BCUT2D eigenvalue weighted by Gasteiger charge is 2.20. The van der Waals surface area contributed by atoms with Crippen LogP contribution >= 0.6 is 0 Å². The molecule has 2 aromatic carbocycles. The van der Waals surface area contributed by atoms with E-state index in [0.717, 1.165) is 17.2 Å². The summed E-state index contributed by atoms with van der Waals surface area (Å²) in [6.07, 6.45) is 2.29. The van der Waals surface area contributed by atoms with E-state index in [-0.39, 0.29) is 24.9 Å². The topological polar surface area (TPSA) is 156 Å². The molecule has 3 N–H and O–H groups in total. The molecular weight excluding hydrogens is 510 g/mol. The molecule has 12 nitrogen and oxygen atoms in total. The molecule has 0 radical (unpaired) electrons. The molecule has 0 atom stereocenters. The van der Waals surface area contributed by atoms with Crippen molar-refractivity contribution in [3.63, 3.8) is 0 Å². The van der Waals surface area contributed by atoms with Gasteiger partial charge in [-0.25, -0.2) is 14.6 Å². The van der Waals surface area contributed by atoms with Gasteiger partial charge in [0.05, 0.1) is 37.6 Å². The zero-order chi connectivity index (χ0) is 27.0. The maximum absolute atomic E-state index is 13.1. The highest BCUT2D eigenvalue weighted by molar-refractivity contribution is 7.85. The Bertz CT molecular complexity index is 1790. The van der Waals surface area contributed by atoms with Gasteiger partial charge in [-0.15, -0.1) is 0 Å². The molecule has 0 saturated carbocycles. The van der Waals surface area contributed by atoms with Crippen molar-refractivity contribution in [2.24, 2.45) is 7.05 Å². The predicted octanol–water partition coefficient (Wildman–Crippen LogP) is 2.80. The standard InChI is InChI=1S/C25H25N7O5S/c1-31-18-7-5-4-6-15(18)12-19(31)25(33)29-17-9-8-16(13-20(17)36-2)22-21-23(26)27-14-28-24(21)32(30-22)10-11-37-38(3,34)35/h4-9,12-14H,10-11H2,1-3H3,(H,29,33)(H2,26,27,28). The Hall–Kier alpha value is -4.49. The third kappa shape index (κ3) is 4.76. The van der Waals surface area contributed by atoms with E-state index >= 15 is 0 Å².